The summed E-state index contributed by atoms with van der Waals surface area (Å²) in [5.41, 5.74) is 6.91. The van der Waals surface area contributed by atoms with Gasteiger partial charge in [-0.15, -0.1) is 11.8 Å². The van der Waals surface area contributed by atoms with Crippen molar-refractivity contribution >= 4 is 46.5 Å². The molecule has 35 heavy (non-hydrogen) atoms. The molecule has 3 aromatic rings. The lowest BCUT2D eigenvalue weighted by Crippen LogP contribution is -2.51. The highest BCUT2D eigenvalue weighted by atomic mass is 32.2. The second-order valence-electron chi connectivity index (χ2n) is 9.28. The first-order valence-electron chi connectivity index (χ1n) is 11.5. The van der Waals surface area contributed by atoms with Crippen molar-refractivity contribution in [2.24, 2.45) is 0 Å². The van der Waals surface area contributed by atoms with E-state index >= 15 is 0 Å². The molecular weight excluding hydrogens is 458 g/mol. The number of hydrogen-bond donors (Lipinski definition) is 1. The van der Waals surface area contributed by atoms with Gasteiger partial charge in [0.15, 0.2) is 0 Å². The fourth-order valence-electron chi connectivity index (χ4n) is 5.08. The maximum absolute atomic E-state index is 14.1. The highest BCUT2D eigenvalue weighted by Gasteiger charge is 2.61. The van der Waals surface area contributed by atoms with Gasteiger partial charge in [0.05, 0.1) is 11.4 Å². The summed E-state index contributed by atoms with van der Waals surface area (Å²) in [6, 6.07) is 19.2. The van der Waals surface area contributed by atoms with Crippen LogP contribution in [0.4, 0.5) is 17.1 Å². The molecule has 1 fully saturated rings. The quantitative estimate of drug-likeness (QED) is 0.574. The molecule has 1 N–H and O–H groups in total. The van der Waals surface area contributed by atoms with E-state index < -0.39 is 4.87 Å². The fraction of sp³-hybridized carbons (Fsp3) is 0.250. The second-order valence-corrected chi connectivity index (χ2v) is 10.5. The van der Waals surface area contributed by atoms with Crippen molar-refractivity contribution in [3.8, 4) is 0 Å². The maximum Gasteiger partial charge on any atom is 0.269 e. The van der Waals surface area contributed by atoms with Crippen LogP contribution in [0, 0.1) is 27.7 Å². The highest BCUT2D eigenvalue weighted by Crippen LogP contribution is 2.55. The lowest BCUT2D eigenvalue weighted by atomic mass is 10.0. The number of fused-ring (bicyclic) bond motifs is 2. The molecular formula is C28H27N3O3S. The third-order valence-electron chi connectivity index (χ3n) is 6.49. The molecule has 1 saturated heterocycles. The number of para-hydroxylation sites is 1. The number of aryl methyl sites for hydroxylation is 4. The molecule has 1 spiro atoms. The van der Waals surface area contributed by atoms with E-state index in [4.69, 9.17) is 0 Å². The molecule has 0 unspecified atom stereocenters. The van der Waals surface area contributed by atoms with Crippen molar-refractivity contribution in [2.75, 3.05) is 27.4 Å². The van der Waals surface area contributed by atoms with Crippen molar-refractivity contribution in [1.29, 1.82) is 0 Å². The third kappa shape index (κ3) is 3.80. The Balaban J connectivity index is 1.53. The molecule has 2 aliphatic heterocycles. The summed E-state index contributed by atoms with van der Waals surface area (Å²) in [6.07, 6.45) is 0. The Kier molecular flexibility index (Phi) is 5.68. The molecule has 0 aromatic heterocycles. The Morgan fingerprint density at radius 1 is 0.943 bits per heavy atom. The van der Waals surface area contributed by atoms with Crippen molar-refractivity contribution in [3.63, 3.8) is 0 Å². The summed E-state index contributed by atoms with van der Waals surface area (Å²) >= 11 is 1.32. The summed E-state index contributed by atoms with van der Waals surface area (Å²) in [4.78, 5) is 42.3. The van der Waals surface area contributed by atoms with Gasteiger partial charge in [-0.2, -0.15) is 0 Å². The van der Waals surface area contributed by atoms with E-state index in [9.17, 15) is 14.4 Å². The van der Waals surface area contributed by atoms with Crippen LogP contribution in [0.3, 0.4) is 0 Å². The number of hydrogen-bond acceptors (Lipinski definition) is 4. The highest BCUT2D eigenvalue weighted by molar-refractivity contribution is 8.02. The summed E-state index contributed by atoms with van der Waals surface area (Å²) in [5, 5.41) is 2.94. The summed E-state index contributed by atoms with van der Waals surface area (Å²) in [7, 11) is 0. The largest absolute Gasteiger partial charge is 0.324 e. The van der Waals surface area contributed by atoms with Crippen LogP contribution in [0.1, 0.15) is 27.8 Å². The first kappa shape index (κ1) is 23.2. The van der Waals surface area contributed by atoms with Gasteiger partial charge in [-0.05, 0) is 68.7 Å². The first-order valence-corrected chi connectivity index (χ1v) is 12.5. The molecule has 3 aromatic carbocycles. The van der Waals surface area contributed by atoms with Crippen LogP contribution in [-0.4, -0.2) is 30.0 Å². The number of carbonyl (C=O) groups excluding carboxylic acids is 3. The molecule has 0 aliphatic carbocycles. The Morgan fingerprint density at radius 3 is 2.37 bits per heavy atom. The molecule has 178 valence electrons. The molecule has 0 bridgehead atoms. The van der Waals surface area contributed by atoms with Gasteiger partial charge < -0.3 is 5.32 Å². The predicted octanol–water partition coefficient (Wildman–Crippen LogP) is 4.84. The van der Waals surface area contributed by atoms with Crippen LogP contribution in [0.5, 0.6) is 0 Å². The van der Waals surface area contributed by atoms with Crippen LogP contribution >= 0.6 is 11.8 Å². The molecule has 1 atom stereocenters. The van der Waals surface area contributed by atoms with E-state index in [0.717, 1.165) is 33.5 Å². The van der Waals surface area contributed by atoms with Gasteiger partial charge in [-0.1, -0.05) is 42.0 Å². The number of nitrogens with one attached hydrogen (secondary N) is 1. The summed E-state index contributed by atoms with van der Waals surface area (Å²) in [6.45, 7) is 7.76. The SMILES string of the molecule is Cc1cc(C)cc(N2C(=O)CS[C@]23C(=O)N(CC(=O)Nc2ccc(C)cc2C)c2ccccc23)c1. The fourth-order valence-corrected chi connectivity index (χ4v) is 6.44. The minimum absolute atomic E-state index is 0.121. The van der Waals surface area contributed by atoms with Gasteiger partial charge >= 0.3 is 0 Å². The van der Waals surface area contributed by atoms with Gasteiger partial charge in [0.2, 0.25) is 16.7 Å². The van der Waals surface area contributed by atoms with Gasteiger partial charge in [-0.25, -0.2) is 0 Å². The molecule has 6 nitrogen and oxygen atoms in total. The Hall–Kier alpha value is -3.58. The van der Waals surface area contributed by atoms with Crippen LogP contribution in [0.25, 0.3) is 0 Å². The van der Waals surface area contributed by atoms with E-state index in [1.165, 1.54) is 16.7 Å². The number of nitrogens with zero attached hydrogens (tertiary/aromatic N) is 2. The van der Waals surface area contributed by atoms with E-state index in [1.807, 2.05) is 88.4 Å². The number of anilines is 3. The average Bonchev–Trinajstić information content (AvgIpc) is 3.26. The van der Waals surface area contributed by atoms with E-state index in [1.54, 1.807) is 4.90 Å². The lowest BCUT2D eigenvalue weighted by Gasteiger charge is -2.33. The minimum Gasteiger partial charge on any atom is -0.324 e. The van der Waals surface area contributed by atoms with Crippen LogP contribution in [0.2, 0.25) is 0 Å². The van der Waals surface area contributed by atoms with Gasteiger partial charge in [-0.3, -0.25) is 24.2 Å². The van der Waals surface area contributed by atoms with Crippen molar-refractivity contribution < 1.29 is 14.4 Å². The Morgan fingerprint density at radius 2 is 1.66 bits per heavy atom. The van der Waals surface area contributed by atoms with Crippen LogP contribution in [-0.2, 0) is 19.3 Å². The second kappa shape index (κ2) is 8.57. The smallest absolute Gasteiger partial charge is 0.269 e. The Labute approximate surface area is 209 Å². The standard InChI is InChI=1S/C28H27N3O3S/c1-17-9-10-23(20(4)12-17)29-25(32)15-30-24-8-6-5-7-22(24)28(27(30)34)31(26(33)16-35-28)21-13-18(2)11-19(3)14-21/h5-14H,15-16H2,1-4H3,(H,29,32)/t28-/m1/s1. The first-order chi connectivity index (χ1) is 16.7. The van der Waals surface area contributed by atoms with Gasteiger partial charge in [0.25, 0.3) is 5.91 Å². The molecule has 5 rings (SSSR count). The van der Waals surface area contributed by atoms with Crippen LogP contribution < -0.4 is 15.1 Å². The van der Waals surface area contributed by atoms with Crippen molar-refractivity contribution in [2.45, 2.75) is 32.6 Å². The number of benzene rings is 3. The summed E-state index contributed by atoms with van der Waals surface area (Å²) in [5.74, 6) is -0.492. The monoisotopic (exact) mass is 485 g/mol. The summed E-state index contributed by atoms with van der Waals surface area (Å²) < 4.78 is 0. The molecule has 0 saturated carbocycles. The third-order valence-corrected chi connectivity index (χ3v) is 7.87. The Bertz CT molecular complexity index is 1370. The van der Waals surface area contributed by atoms with Gasteiger partial charge in [0.1, 0.15) is 6.54 Å². The number of thioether (sulfide) groups is 1. The van der Waals surface area contributed by atoms with E-state index in [2.05, 4.69) is 5.32 Å². The normalized spacial score (nSPS) is 19.0. The van der Waals surface area contributed by atoms with Crippen molar-refractivity contribution in [1.82, 2.24) is 0 Å². The molecule has 2 heterocycles. The van der Waals surface area contributed by atoms with Gasteiger partial charge in [0, 0.05) is 16.9 Å². The number of rotatable bonds is 4. The number of amides is 3. The van der Waals surface area contributed by atoms with E-state index in [0.29, 0.717) is 11.4 Å². The van der Waals surface area contributed by atoms with E-state index in [-0.39, 0.29) is 30.0 Å². The molecule has 2 aliphatic rings. The molecule has 0 radical (unpaired) electrons. The predicted molar refractivity (Wildman–Crippen MR) is 141 cm³/mol. The zero-order valence-electron chi connectivity index (χ0n) is 20.2. The zero-order valence-corrected chi connectivity index (χ0v) is 21.0. The van der Waals surface area contributed by atoms with Crippen LogP contribution in [0.15, 0.2) is 60.7 Å². The van der Waals surface area contributed by atoms with Crippen molar-refractivity contribution in [3.05, 3.63) is 88.5 Å². The molecule has 3 amide bonds. The number of carbonyl (C=O) groups is 3. The molecule has 7 heteroatoms. The maximum atomic E-state index is 14.1. The lowest BCUT2D eigenvalue weighted by molar-refractivity contribution is -0.124. The topological polar surface area (TPSA) is 69.7 Å². The zero-order chi connectivity index (χ0) is 24.9. The average molecular weight is 486 g/mol. The minimum atomic E-state index is -1.23.